The SMILES string of the molecule is C[C@H]1CC(=O)CCN1C(=O)OC(C)(C)C.C[C@H]1Cc2c(sc(N)c2C#N)CN1C(=O)OC(C)(C)C.C[C@H]1c2sc(N)c(C#N)c2CCN1C(=O)OC(C)(C)C. The van der Waals surface area contributed by atoms with Gasteiger partial charge in [-0.05, 0) is 107 Å². The third kappa shape index (κ3) is 12.0. The van der Waals surface area contributed by atoms with Crippen molar-refractivity contribution in [3.63, 3.8) is 0 Å². The number of nitrogens with zero attached hydrogens (tertiary/aromatic N) is 5. The first-order valence-corrected chi connectivity index (χ1v) is 20.0. The number of rotatable bonds is 0. The lowest BCUT2D eigenvalue weighted by atomic mass is 9.98. The Balaban J connectivity index is 0.000000224. The van der Waals surface area contributed by atoms with Crippen LogP contribution in [0.5, 0.6) is 0 Å². The van der Waals surface area contributed by atoms with Crippen molar-refractivity contribution in [2.45, 2.75) is 150 Å². The van der Waals surface area contributed by atoms with Crippen LogP contribution in [0.4, 0.5) is 24.4 Å². The van der Waals surface area contributed by atoms with Gasteiger partial charge in [0.05, 0.1) is 23.7 Å². The molecule has 55 heavy (non-hydrogen) atoms. The Morgan fingerprint density at radius 2 is 1.11 bits per heavy atom. The Labute approximate surface area is 333 Å². The molecule has 16 heteroatoms. The van der Waals surface area contributed by atoms with Crippen LogP contribution in [0.25, 0.3) is 0 Å². The lowest BCUT2D eigenvalue weighted by Gasteiger charge is -2.34. The minimum atomic E-state index is -0.511. The molecule has 0 aliphatic carbocycles. The first-order valence-electron chi connectivity index (χ1n) is 18.4. The molecule has 0 radical (unpaired) electrons. The number of amides is 3. The Morgan fingerprint density at radius 1 is 0.673 bits per heavy atom. The zero-order chi connectivity index (χ0) is 41.8. The number of anilines is 2. The fraction of sp³-hybridized carbons (Fsp3) is 0.641. The number of likely N-dealkylation sites (tertiary alicyclic amines) is 1. The second-order valence-electron chi connectivity index (χ2n) is 16.9. The first kappa shape index (κ1) is 44.9. The van der Waals surface area contributed by atoms with Crippen molar-refractivity contribution in [2.75, 3.05) is 24.6 Å². The number of hydrogen-bond donors (Lipinski definition) is 2. The van der Waals surface area contributed by atoms with Crippen LogP contribution in [0.1, 0.15) is 134 Å². The van der Waals surface area contributed by atoms with Gasteiger partial charge < -0.3 is 40.4 Å². The van der Waals surface area contributed by atoms with Crippen LogP contribution >= 0.6 is 22.7 Å². The average Bonchev–Trinajstić information content (AvgIpc) is 3.52. The molecular weight excluding hydrogens is 743 g/mol. The van der Waals surface area contributed by atoms with E-state index in [1.54, 1.807) is 14.7 Å². The summed E-state index contributed by atoms with van der Waals surface area (Å²) in [6.45, 7) is 23.9. The number of nitrogen functional groups attached to an aromatic ring is 2. The number of thiophene rings is 2. The van der Waals surface area contributed by atoms with Crippen molar-refractivity contribution >= 4 is 56.7 Å². The maximum Gasteiger partial charge on any atom is 0.410 e. The van der Waals surface area contributed by atoms with Gasteiger partial charge in [0.25, 0.3) is 0 Å². The number of nitriles is 2. The standard InChI is InChI=1S/2C14H19N3O2S.C11H19NO3/c1-8-5-9-10(6-15)12(16)20-11(9)7-17(8)13(18)19-14(2,3)4;1-8-11-9(10(7-15)12(16)20-11)5-6-17(8)13(18)19-14(2,3)4;1-8-7-9(13)5-6-12(8)10(14)15-11(2,3)4/h8H,5,7,16H2,1-4H3;8H,5-6,16H2,1-4H3;8H,5-7H2,1-4H3/t3*8-/m000/s1. The second kappa shape index (κ2) is 17.5. The van der Waals surface area contributed by atoms with Crippen molar-refractivity contribution in [1.29, 1.82) is 10.5 Å². The Kier molecular flexibility index (Phi) is 14.3. The minimum absolute atomic E-state index is 0.00144. The van der Waals surface area contributed by atoms with Gasteiger partial charge in [0.2, 0.25) is 0 Å². The van der Waals surface area contributed by atoms with Gasteiger partial charge in [-0.1, -0.05) is 0 Å². The number of hydrogen-bond acceptors (Lipinski definition) is 13. The molecule has 2 aromatic heterocycles. The van der Waals surface area contributed by atoms with Crippen LogP contribution in [-0.2, 0) is 38.4 Å². The van der Waals surface area contributed by atoms with Crippen LogP contribution in [0.2, 0.25) is 0 Å². The lowest BCUT2D eigenvalue weighted by Crippen LogP contribution is -2.46. The summed E-state index contributed by atoms with van der Waals surface area (Å²) in [5, 5.41) is 19.4. The van der Waals surface area contributed by atoms with Gasteiger partial charge in [-0.2, -0.15) is 10.5 Å². The number of ketones is 1. The van der Waals surface area contributed by atoms with Crippen molar-refractivity contribution < 1.29 is 33.4 Å². The summed E-state index contributed by atoms with van der Waals surface area (Å²) >= 11 is 2.78. The molecule has 3 aliphatic rings. The molecule has 3 amide bonds. The summed E-state index contributed by atoms with van der Waals surface area (Å²) in [5.74, 6) is 0.224. The largest absolute Gasteiger partial charge is 0.444 e. The molecule has 14 nitrogen and oxygen atoms in total. The number of ether oxygens (including phenoxy) is 3. The van der Waals surface area contributed by atoms with E-state index in [2.05, 4.69) is 12.1 Å². The summed E-state index contributed by atoms with van der Waals surface area (Å²) in [4.78, 5) is 54.3. The molecule has 0 aromatic carbocycles. The van der Waals surface area contributed by atoms with E-state index in [0.717, 1.165) is 20.9 Å². The van der Waals surface area contributed by atoms with E-state index in [1.165, 1.54) is 22.7 Å². The summed E-state index contributed by atoms with van der Waals surface area (Å²) in [6.07, 6.45) is 1.23. The maximum atomic E-state index is 12.2. The van der Waals surface area contributed by atoms with Gasteiger partial charge in [-0.15, -0.1) is 22.7 Å². The molecule has 4 N–H and O–H groups in total. The van der Waals surface area contributed by atoms with Crippen molar-refractivity contribution in [3.05, 3.63) is 32.0 Å². The van der Waals surface area contributed by atoms with Gasteiger partial charge in [0.1, 0.15) is 44.7 Å². The molecule has 3 atom stereocenters. The van der Waals surface area contributed by atoms with Crippen LogP contribution in [0.15, 0.2) is 0 Å². The molecule has 3 aliphatic heterocycles. The summed E-state index contributed by atoms with van der Waals surface area (Å²) in [5.41, 5.74) is 13.4. The molecule has 1 fully saturated rings. The summed E-state index contributed by atoms with van der Waals surface area (Å²) < 4.78 is 16.1. The highest BCUT2D eigenvalue weighted by Gasteiger charge is 2.36. The third-order valence-electron chi connectivity index (χ3n) is 8.77. The number of piperidine rings is 1. The Morgan fingerprint density at radius 3 is 1.60 bits per heavy atom. The number of carbonyl (C=O) groups is 4. The smallest absolute Gasteiger partial charge is 0.410 e. The highest BCUT2D eigenvalue weighted by molar-refractivity contribution is 7.16. The van der Waals surface area contributed by atoms with E-state index in [9.17, 15) is 19.2 Å². The van der Waals surface area contributed by atoms with Crippen LogP contribution in [0, 0.1) is 22.7 Å². The fourth-order valence-electron chi connectivity index (χ4n) is 6.23. The van der Waals surface area contributed by atoms with Crippen molar-refractivity contribution in [1.82, 2.24) is 14.7 Å². The van der Waals surface area contributed by atoms with E-state index in [0.29, 0.717) is 66.4 Å². The monoisotopic (exact) mass is 799 g/mol. The summed E-state index contributed by atoms with van der Waals surface area (Å²) in [7, 11) is 0. The van der Waals surface area contributed by atoms with Crippen molar-refractivity contribution in [3.8, 4) is 12.1 Å². The molecule has 0 unspecified atom stereocenters. The Hall–Kier alpha value is -4.54. The molecule has 302 valence electrons. The van der Waals surface area contributed by atoms with Crippen LogP contribution < -0.4 is 11.5 Å². The minimum Gasteiger partial charge on any atom is -0.444 e. The lowest BCUT2D eigenvalue weighted by molar-refractivity contribution is -0.122. The van der Waals surface area contributed by atoms with E-state index >= 15 is 0 Å². The van der Waals surface area contributed by atoms with Crippen LogP contribution in [-0.4, -0.2) is 80.7 Å². The molecule has 5 heterocycles. The topological polar surface area (TPSA) is 205 Å². The Bertz CT molecular complexity index is 1810. The molecule has 5 rings (SSSR count). The van der Waals surface area contributed by atoms with E-state index in [4.69, 9.17) is 36.2 Å². The molecule has 2 aromatic rings. The summed E-state index contributed by atoms with van der Waals surface area (Å²) in [6, 6.07) is 4.16. The average molecular weight is 800 g/mol. The predicted octanol–water partition coefficient (Wildman–Crippen LogP) is 7.91. The zero-order valence-corrected chi connectivity index (χ0v) is 35.9. The normalized spacial score (nSPS) is 19.6. The van der Waals surface area contributed by atoms with E-state index in [1.807, 2.05) is 83.1 Å². The highest BCUT2D eigenvalue weighted by Crippen LogP contribution is 2.41. The van der Waals surface area contributed by atoms with Crippen LogP contribution in [0.3, 0.4) is 0 Å². The molecule has 0 bridgehead atoms. The maximum absolute atomic E-state index is 12.2. The molecular formula is C39H57N7O7S2. The highest BCUT2D eigenvalue weighted by atomic mass is 32.1. The number of Topliss-reactive ketones (excluding diaryl/α,β-unsaturated/α-hetero) is 1. The predicted molar refractivity (Wildman–Crippen MR) is 214 cm³/mol. The number of fused-ring (bicyclic) bond motifs is 2. The fourth-order valence-corrected chi connectivity index (χ4v) is 8.41. The number of nitrogens with two attached hydrogens (primary N) is 2. The first-order chi connectivity index (χ1) is 25.3. The van der Waals surface area contributed by atoms with Gasteiger partial charge in [0.15, 0.2) is 0 Å². The quantitative estimate of drug-likeness (QED) is 0.245. The van der Waals surface area contributed by atoms with Gasteiger partial charge in [-0.3, -0.25) is 4.79 Å². The zero-order valence-electron chi connectivity index (χ0n) is 34.2. The van der Waals surface area contributed by atoms with E-state index in [-0.39, 0.29) is 42.2 Å². The molecule has 0 saturated carbocycles. The third-order valence-corrected chi connectivity index (χ3v) is 11.1. The van der Waals surface area contributed by atoms with Gasteiger partial charge in [0, 0.05) is 47.8 Å². The second-order valence-corrected chi connectivity index (χ2v) is 19.1. The van der Waals surface area contributed by atoms with Crippen molar-refractivity contribution in [2.24, 2.45) is 0 Å². The van der Waals surface area contributed by atoms with Gasteiger partial charge >= 0.3 is 18.3 Å². The molecule has 0 spiro atoms. The number of carbonyl (C=O) groups excluding carboxylic acids is 4. The van der Waals surface area contributed by atoms with Gasteiger partial charge in [-0.25, -0.2) is 14.4 Å². The van der Waals surface area contributed by atoms with E-state index < -0.39 is 16.8 Å². The molecule has 1 saturated heterocycles.